The molecule has 2 fully saturated rings. The second kappa shape index (κ2) is 9.72. The Morgan fingerprint density at radius 3 is 2.06 bits per heavy atom. The van der Waals surface area contributed by atoms with Crippen molar-refractivity contribution in [1.82, 2.24) is 0 Å². The molecule has 2 heterocycles. The van der Waals surface area contributed by atoms with E-state index in [4.69, 9.17) is 14.9 Å². The van der Waals surface area contributed by atoms with Crippen molar-refractivity contribution in [2.24, 2.45) is 10.8 Å². The molecule has 0 spiro atoms. The smallest absolute Gasteiger partial charge is 0.218 e. The highest BCUT2D eigenvalue weighted by Gasteiger charge is 2.79. The van der Waals surface area contributed by atoms with Crippen LogP contribution in [0.15, 0.2) is 30.3 Å². The van der Waals surface area contributed by atoms with Crippen LogP contribution >= 0.6 is 0 Å². The monoisotopic (exact) mass is 432 g/mol. The fourth-order valence-electron chi connectivity index (χ4n) is 5.48. The summed E-state index contributed by atoms with van der Waals surface area (Å²) in [4.78, 5) is 0. The molecular weight excluding hydrogens is 400 g/mol. The number of rotatable bonds is 10. The fourth-order valence-corrected chi connectivity index (χ4v) is 5.48. The molecule has 4 unspecified atom stereocenters. The van der Waals surface area contributed by atoms with E-state index < -0.39 is 28.6 Å². The van der Waals surface area contributed by atoms with Gasteiger partial charge in [-0.15, -0.1) is 0 Å². The van der Waals surface area contributed by atoms with Crippen LogP contribution in [-0.4, -0.2) is 17.8 Å². The average Bonchev–Trinajstić information content (AvgIpc) is 2.99. The lowest BCUT2D eigenvalue weighted by Crippen LogP contribution is -2.60. The quantitative estimate of drug-likeness (QED) is 0.458. The zero-order valence-electron chi connectivity index (χ0n) is 19.1. The second-order valence-corrected chi connectivity index (χ2v) is 9.11. The molecule has 3 rings (SSSR count). The lowest BCUT2D eigenvalue weighted by Gasteiger charge is -2.48. The summed E-state index contributed by atoms with van der Waals surface area (Å²) in [6, 6.07) is 15.7. The third-order valence-electron chi connectivity index (χ3n) is 7.08. The van der Waals surface area contributed by atoms with E-state index in [0.29, 0.717) is 6.42 Å². The van der Waals surface area contributed by atoms with Gasteiger partial charge in [0.05, 0.1) is 30.2 Å². The summed E-state index contributed by atoms with van der Waals surface area (Å²) in [6.07, 6.45) is 8.72. The average molecular weight is 433 g/mol. The molecule has 2 bridgehead atoms. The first kappa shape index (κ1) is 23.8. The SMILES string of the molecule is CCCCCCCCCCC1OC2(C)OC(=N)C(C#N)(C2c2ccccc2)C1(C#N)C#N. The normalized spacial score (nSPS) is 30.0. The Hall–Kier alpha value is -2.88. The third-order valence-corrected chi connectivity index (χ3v) is 7.08. The molecule has 0 aromatic heterocycles. The maximum Gasteiger partial charge on any atom is 0.218 e. The summed E-state index contributed by atoms with van der Waals surface area (Å²) < 4.78 is 12.2. The van der Waals surface area contributed by atoms with Crippen molar-refractivity contribution in [3.8, 4) is 18.2 Å². The van der Waals surface area contributed by atoms with Gasteiger partial charge in [-0.05, 0) is 12.0 Å². The van der Waals surface area contributed by atoms with Gasteiger partial charge in [-0.2, -0.15) is 15.8 Å². The first-order valence-electron chi connectivity index (χ1n) is 11.7. The topological polar surface area (TPSA) is 114 Å². The number of fused-ring (bicyclic) bond motifs is 2. The van der Waals surface area contributed by atoms with Gasteiger partial charge in [0.25, 0.3) is 0 Å². The molecule has 6 nitrogen and oxygen atoms in total. The van der Waals surface area contributed by atoms with Gasteiger partial charge in [0, 0.05) is 6.92 Å². The number of hydrogen-bond acceptors (Lipinski definition) is 6. The van der Waals surface area contributed by atoms with Gasteiger partial charge in [0.2, 0.25) is 11.7 Å². The Morgan fingerprint density at radius 1 is 0.906 bits per heavy atom. The maximum atomic E-state index is 10.4. The summed E-state index contributed by atoms with van der Waals surface area (Å²) >= 11 is 0. The molecule has 0 aliphatic carbocycles. The highest BCUT2D eigenvalue weighted by Crippen LogP contribution is 2.66. The molecule has 0 radical (unpaired) electrons. The Kier molecular flexibility index (Phi) is 7.22. The van der Waals surface area contributed by atoms with Crippen LogP contribution < -0.4 is 0 Å². The Labute approximate surface area is 191 Å². The van der Waals surface area contributed by atoms with E-state index in [-0.39, 0.29) is 5.90 Å². The Bertz CT molecular complexity index is 927. The molecule has 0 amide bonds. The van der Waals surface area contributed by atoms with Gasteiger partial charge in [-0.1, -0.05) is 88.6 Å². The number of hydrogen-bond donors (Lipinski definition) is 1. The Morgan fingerprint density at radius 2 is 1.50 bits per heavy atom. The van der Waals surface area contributed by atoms with Crippen molar-refractivity contribution >= 4 is 5.90 Å². The van der Waals surface area contributed by atoms with Gasteiger partial charge in [-0.3, -0.25) is 5.41 Å². The minimum Gasteiger partial charge on any atom is -0.447 e. The maximum absolute atomic E-state index is 10.4. The first-order valence-corrected chi connectivity index (χ1v) is 11.7. The van der Waals surface area contributed by atoms with E-state index in [2.05, 4.69) is 25.1 Å². The summed E-state index contributed by atoms with van der Waals surface area (Å²) in [5, 5.41) is 39.5. The highest BCUT2D eigenvalue weighted by atomic mass is 16.7. The standard InChI is InChI=1S/C26H32N4O2/c1-3-4-5-6-7-8-9-13-16-21-25(17-27,18-28)26(19-29)22(20-14-11-10-12-15-20)24(2,31-21)32-23(26)30/h10-12,14-15,21-22,30H,3-9,13,16H2,1-2H3. The van der Waals surface area contributed by atoms with E-state index >= 15 is 0 Å². The molecule has 32 heavy (non-hydrogen) atoms. The zero-order valence-corrected chi connectivity index (χ0v) is 19.1. The van der Waals surface area contributed by atoms with Crippen LogP contribution in [0, 0.1) is 50.2 Å². The summed E-state index contributed by atoms with van der Waals surface area (Å²) in [5.41, 5.74) is -2.83. The van der Waals surface area contributed by atoms with Gasteiger partial charge in [-0.25, -0.2) is 0 Å². The van der Waals surface area contributed by atoms with Crippen LogP contribution in [0.4, 0.5) is 0 Å². The lowest BCUT2D eigenvalue weighted by atomic mass is 9.52. The number of benzene rings is 1. The van der Waals surface area contributed by atoms with Crippen LogP contribution in [0.5, 0.6) is 0 Å². The van der Waals surface area contributed by atoms with Crippen LogP contribution in [-0.2, 0) is 9.47 Å². The molecule has 2 saturated heterocycles. The van der Waals surface area contributed by atoms with Gasteiger partial charge >= 0.3 is 0 Å². The van der Waals surface area contributed by atoms with Crippen molar-refractivity contribution in [3.63, 3.8) is 0 Å². The van der Waals surface area contributed by atoms with E-state index in [0.717, 1.165) is 24.8 Å². The Balaban J connectivity index is 1.86. The summed E-state index contributed by atoms with van der Waals surface area (Å²) in [6.45, 7) is 3.92. The van der Waals surface area contributed by atoms with Crippen molar-refractivity contribution in [2.45, 2.75) is 89.4 Å². The summed E-state index contributed by atoms with van der Waals surface area (Å²) in [5.74, 6) is -2.38. The number of ether oxygens (including phenoxy) is 2. The van der Waals surface area contributed by atoms with Crippen LogP contribution in [0.25, 0.3) is 0 Å². The number of nitrogens with zero attached hydrogens (tertiary/aromatic N) is 3. The van der Waals surface area contributed by atoms with Gasteiger partial charge in [0.1, 0.15) is 0 Å². The third kappa shape index (κ3) is 3.66. The zero-order chi connectivity index (χ0) is 23.2. The highest BCUT2D eigenvalue weighted by molar-refractivity contribution is 5.90. The molecule has 2 aliphatic heterocycles. The van der Waals surface area contributed by atoms with E-state index in [1.165, 1.54) is 32.1 Å². The van der Waals surface area contributed by atoms with Crippen molar-refractivity contribution in [1.29, 1.82) is 21.2 Å². The molecule has 1 aromatic carbocycles. The minimum atomic E-state index is -1.82. The van der Waals surface area contributed by atoms with Crippen LogP contribution in [0.2, 0.25) is 0 Å². The second-order valence-electron chi connectivity index (χ2n) is 9.11. The largest absolute Gasteiger partial charge is 0.447 e. The van der Waals surface area contributed by atoms with Crippen molar-refractivity contribution in [2.75, 3.05) is 0 Å². The van der Waals surface area contributed by atoms with Gasteiger partial charge in [0.15, 0.2) is 10.8 Å². The number of unbranched alkanes of at least 4 members (excludes halogenated alkanes) is 7. The molecular formula is C26H32N4O2. The van der Waals surface area contributed by atoms with Crippen molar-refractivity contribution < 1.29 is 9.47 Å². The molecule has 0 saturated carbocycles. The van der Waals surface area contributed by atoms with E-state index in [1.807, 2.05) is 30.3 Å². The molecule has 4 atom stereocenters. The lowest BCUT2D eigenvalue weighted by molar-refractivity contribution is -0.251. The van der Waals surface area contributed by atoms with E-state index in [9.17, 15) is 15.8 Å². The first-order chi connectivity index (χ1) is 15.5. The predicted octanol–water partition coefficient (Wildman–Crippen LogP) is 5.97. The number of nitrogens with one attached hydrogen (secondary N) is 1. The minimum absolute atomic E-state index is 0.349. The predicted molar refractivity (Wildman–Crippen MR) is 120 cm³/mol. The van der Waals surface area contributed by atoms with Crippen LogP contribution in [0.3, 0.4) is 0 Å². The van der Waals surface area contributed by atoms with Crippen molar-refractivity contribution in [3.05, 3.63) is 35.9 Å². The molecule has 1 N–H and O–H groups in total. The van der Waals surface area contributed by atoms with E-state index in [1.54, 1.807) is 6.92 Å². The van der Waals surface area contributed by atoms with Gasteiger partial charge < -0.3 is 9.47 Å². The molecule has 2 aliphatic rings. The summed E-state index contributed by atoms with van der Waals surface area (Å²) in [7, 11) is 0. The fraction of sp³-hybridized carbons (Fsp3) is 0.615. The molecule has 6 heteroatoms. The molecule has 1 aromatic rings. The van der Waals surface area contributed by atoms with Crippen LogP contribution in [0.1, 0.15) is 83.1 Å². The number of nitriles is 3. The molecule has 168 valence electrons.